The molecule has 1 rings (SSSR count). The van der Waals surface area contributed by atoms with Gasteiger partial charge in [-0.25, -0.2) is 4.55 Å². The molecule has 0 heterocycles. The van der Waals surface area contributed by atoms with E-state index in [9.17, 15) is 13.9 Å². The molecule has 7 heteroatoms. The molecule has 0 aliphatic rings. The second kappa shape index (κ2) is 5.18. The zero-order chi connectivity index (χ0) is 10.9. The summed E-state index contributed by atoms with van der Waals surface area (Å²) in [6.07, 6.45) is 0. The molecule has 0 saturated carbocycles. The van der Waals surface area contributed by atoms with Gasteiger partial charge in [-0.3, -0.25) is 0 Å². The Morgan fingerprint density at radius 1 is 1.27 bits per heavy atom. The minimum atomic E-state index is -4.61. The van der Waals surface area contributed by atoms with Gasteiger partial charge in [0.2, 0.25) is 5.69 Å². The van der Waals surface area contributed by atoms with E-state index in [0.717, 1.165) is 0 Å². The second-order valence-electron chi connectivity index (χ2n) is 2.96. The third-order valence-corrected chi connectivity index (χ3v) is 2.47. The molecule has 0 unspecified atom stereocenters. The van der Waals surface area contributed by atoms with Crippen LogP contribution in [-0.4, -0.2) is 46.6 Å². The van der Waals surface area contributed by atoms with Crippen LogP contribution >= 0.6 is 0 Å². The predicted molar refractivity (Wildman–Crippen MR) is 57.9 cm³/mol. The van der Waals surface area contributed by atoms with Crippen molar-refractivity contribution < 1.29 is 17.1 Å². The summed E-state index contributed by atoms with van der Waals surface area (Å²) in [6, 6.07) is 5.00. The molecule has 1 aromatic rings. The average Bonchev–Trinajstić information content (AvgIpc) is 2.01. The molecule has 0 atom stereocenters. The van der Waals surface area contributed by atoms with Crippen LogP contribution in [0.15, 0.2) is 18.2 Å². The standard InChI is InChI=1S/C8H10N2O3S.Na.H/c1-6-4-3-5-7(2)8(6)10(9)14(11,12)13;;/h3-5H,1-2H3,(H,11,12,13);;. The Hall–Kier alpha value is -0.270. The molecule has 0 aliphatic heterocycles. The van der Waals surface area contributed by atoms with Crippen LogP contribution < -0.4 is 0 Å². The van der Waals surface area contributed by atoms with Crippen molar-refractivity contribution in [3.8, 4) is 0 Å². The van der Waals surface area contributed by atoms with Gasteiger partial charge in [-0.15, -0.1) is 12.5 Å². The Labute approximate surface area is 111 Å². The molecular formula is C8H11N2NaO3S. The van der Waals surface area contributed by atoms with E-state index in [1.807, 2.05) is 0 Å². The number of aryl methyl sites for hydroxylation is 2. The van der Waals surface area contributed by atoms with Crippen LogP contribution in [0.1, 0.15) is 11.1 Å². The van der Waals surface area contributed by atoms with E-state index in [-0.39, 0.29) is 39.3 Å². The van der Waals surface area contributed by atoms with Crippen molar-refractivity contribution in [2.75, 3.05) is 0 Å². The fraction of sp³-hybridized carbons (Fsp3) is 0.250. The van der Waals surface area contributed by atoms with Crippen molar-refractivity contribution in [3.05, 3.63) is 34.9 Å². The summed E-state index contributed by atoms with van der Waals surface area (Å²) in [5.74, 6) is 0. The molecule has 0 aliphatic carbocycles. The summed E-state index contributed by atoms with van der Waals surface area (Å²) >= 11 is 0. The minimum absolute atomic E-state index is 0. The quantitative estimate of drug-likeness (QED) is 0.363. The zero-order valence-corrected chi connectivity index (χ0v) is 8.61. The van der Waals surface area contributed by atoms with E-state index in [4.69, 9.17) is 4.55 Å². The van der Waals surface area contributed by atoms with Gasteiger partial charge < -0.3 is 5.53 Å². The van der Waals surface area contributed by atoms with E-state index in [1.54, 1.807) is 32.0 Å². The fourth-order valence-electron chi connectivity index (χ4n) is 1.22. The number of hydrogen-bond acceptors (Lipinski definition) is 2. The van der Waals surface area contributed by atoms with Crippen molar-refractivity contribution in [2.24, 2.45) is 0 Å². The van der Waals surface area contributed by atoms with Crippen molar-refractivity contribution in [1.82, 2.24) is 0 Å². The van der Waals surface area contributed by atoms with Crippen LogP contribution in [-0.2, 0) is 10.3 Å². The number of para-hydroxylation sites is 1. The molecule has 0 amide bonds. The van der Waals surface area contributed by atoms with Gasteiger partial charge in [0.05, 0.1) is 0 Å². The van der Waals surface area contributed by atoms with Crippen molar-refractivity contribution in [1.29, 1.82) is 0 Å². The maximum atomic E-state index is 10.7. The number of benzene rings is 1. The molecule has 0 saturated heterocycles. The summed E-state index contributed by atoms with van der Waals surface area (Å²) < 4.78 is 29.8. The molecule has 0 fully saturated rings. The molecular weight excluding hydrogens is 227 g/mol. The molecule has 1 N–H and O–H groups in total. The zero-order valence-electron chi connectivity index (χ0n) is 7.80. The second-order valence-corrected chi connectivity index (χ2v) is 4.20. The van der Waals surface area contributed by atoms with Gasteiger partial charge in [0.1, 0.15) is 0 Å². The summed E-state index contributed by atoms with van der Waals surface area (Å²) in [5.41, 5.74) is 10.4. The van der Waals surface area contributed by atoms with Gasteiger partial charge in [0, 0.05) is 11.1 Å². The van der Waals surface area contributed by atoms with E-state index < -0.39 is 10.3 Å². The molecule has 15 heavy (non-hydrogen) atoms. The SMILES string of the molecule is Cc1cccc(C)c1[N+](=[N-])S(=O)(=O)O.[NaH]. The first-order valence-electron chi connectivity index (χ1n) is 3.87. The van der Waals surface area contributed by atoms with E-state index in [2.05, 4.69) is 0 Å². The normalized spacial score (nSPS) is 10.6. The van der Waals surface area contributed by atoms with E-state index >= 15 is 0 Å². The molecule has 1 aromatic carbocycles. The monoisotopic (exact) mass is 238 g/mol. The van der Waals surface area contributed by atoms with E-state index in [0.29, 0.717) is 11.1 Å². The van der Waals surface area contributed by atoms with E-state index in [1.165, 1.54) is 0 Å². The van der Waals surface area contributed by atoms with Crippen LogP contribution in [0.4, 0.5) is 5.69 Å². The third kappa shape index (κ3) is 3.35. The first-order chi connectivity index (χ1) is 6.34. The van der Waals surface area contributed by atoms with Crippen LogP contribution in [0.2, 0.25) is 0 Å². The third-order valence-electron chi connectivity index (χ3n) is 1.85. The van der Waals surface area contributed by atoms with Crippen LogP contribution in [0.25, 0.3) is 5.53 Å². The summed E-state index contributed by atoms with van der Waals surface area (Å²) in [4.78, 5) is 0. The Balaban J connectivity index is 0.00000196. The van der Waals surface area contributed by atoms with Crippen molar-refractivity contribution >= 4 is 45.5 Å². The average molecular weight is 238 g/mol. The van der Waals surface area contributed by atoms with Crippen LogP contribution in [0.3, 0.4) is 0 Å². The number of nitrogens with zero attached hydrogens (tertiary/aromatic N) is 2. The summed E-state index contributed by atoms with van der Waals surface area (Å²) in [5, 5.41) is 0. The van der Waals surface area contributed by atoms with Crippen LogP contribution in [0.5, 0.6) is 0 Å². The van der Waals surface area contributed by atoms with Gasteiger partial charge in [-0.05, 0) is 13.8 Å². The molecule has 0 radical (unpaired) electrons. The van der Waals surface area contributed by atoms with Gasteiger partial charge in [-0.2, -0.15) is 0 Å². The maximum absolute atomic E-state index is 10.7. The Bertz CT molecular complexity index is 464. The first-order valence-corrected chi connectivity index (χ1v) is 5.26. The van der Waals surface area contributed by atoms with Gasteiger partial charge in [0.25, 0.3) is 0 Å². The number of rotatable bonds is 2. The van der Waals surface area contributed by atoms with Gasteiger partial charge in [-0.1, -0.05) is 18.2 Å². The van der Waals surface area contributed by atoms with Crippen molar-refractivity contribution in [3.63, 3.8) is 0 Å². The molecule has 0 aromatic heterocycles. The predicted octanol–water partition coefficient (Wildman–Crippen LogP) is 1.12. The van der Waals surface area contributed by atoms with Crippen LogP contribution in [0, 0.1) is 13.8 Å². The topological polar surface area (TPSA) is 79.7 Å². The first kappa shape index (κ1) is 14.7. The van der Waals surface area contributed by atoms with Crippen molar-refractivity contribution in [2.45, 2.75) is 13.8 Å². The fourth-order valence-corrected chi connectivity index (χ4v) is 1.74. The van der Waals surface area contributed by atoms with Gasteiger partial charge in [0.15, 0.2) is 0 Å². The summed E-state index contributed by atoms with van der Waals surface area (Å²) in [7, 11) is -4.61. The Kier molecular flexibility index (Phi) is 5.08. The molecule has 0 spiro atoms. The molecule has 78 valence electrons. The summed E-state index contributed by atoms with van der Waals surface area (Å²) in [6.45, 7) is 3.27. The number of hydrogen-bond donors (Lipinski definition) is 1. The Morgan fingerprint density at radius 2 is 1.67 bits per heavy atom. The van der Waals surface area contributed by atoms with Gasteiger partial charge >= 0.3 is 39.9 Å². The molecule has 0 bridgehead atoms. The Morgan fingerprint density at radius 3 is 2.00 bits per heavy atom. The molecule has 5 nitrogen and oxygen atoms in total.